The highest BCUT2D eigenvalue weighted by Gasteiger charge is 2.14. The molecule has 0 bridgehead atoms. The number of nitrogens with one attached hydrogen (secondary N) is 1. The van der Waals surface area contributed by atoms with Crippen LogP contribution in [-0.2, 0) is 0 Å². The Balaban J connectivity index is 2.82. The standard InChI is InChI=1S/C14H19FN2O/c1-3-11(7-10(2)9-18)17-14-6-4-5-13(15)12(14)8-16/h4-6,10-11,17-18H,3,7,9H2,1-2H3. The molecule has 0 spiro atoms. The maximum absolute atomic E-state index is 13.4. The van der Waals surface area contributed by atoms with Crippen LogP contribution in [0.5, 0.6) is 0 Å². The number of halogens is 1. The van der Waals surface area contributed by atoms with Crippen LogP contribution < -0.4 is 5.32 Å². The topological polar surface area (TPSA) is 56.0 Å². The average Bonchev–Trinajstić information content (AvgIpc) is 2.38. The molecule has 1 aromatic rings. The van der Waals surface area contributed by atoms with E-state index < -0.39 is 5.82 Å². The monoisotopic (exact) mass is 250 g/mol. The van der Waals surface area contributed by atoms with E-state index in [1.54, 1.807) is 12.1 Å². The van der Waals surface area contributed by atoms with Crippen molar-refractivity contribution < 1.29 is 9.50 Å². The highest BCUT2D eigenvalue weighted by Crippen LogP contribution is 2.21. The van der Waals surface area contributed by atoms with E-state index in [-0.39, 0.29) is 24.1 Å². The minimum Gasteiger partial charge on any atom is -0.396 e. The molecule has 0 amide bonds. The fourth-order valence-corrected chi connectivity index (χ4v) is 1.87. The van der Waals surface area contributed by atoms with E-state index in [1.807, 2.05) is 19.9 Å². The van der Waals surface area contributed by atoms with Crippen molar-refractivity contribution >= 4 is 5.69 Å². The largest absolute Gasteiger partial charge is 0.396 e. The summed E-state index contributed by atoms with van der Waals surface area (Å²) < 4.78 is 13.4. The fourth-order valence-electron chi connectivity index (χ4n) is 1.87. The van der Waals surface area contributed by atoms with E-state index in [9.17, 15) is 4.39 Å². The van der Waals surface area contributed by atoms with Gasteiger partial charge in [0.2, 0.25) is 0 Å². The lowest BCUT2D eigenvalue weighted by atomic mass is 10.00. The summed E-state index contributed by atoms with van der Waals surface area (Å²) in [7, 11) is 0. The number of hydrogen-bond acceptors (Lipinski definition) is 3. The van der Waals surface area contributed by atoms with E-state index in [2.05, 4.69) is 5.32 Å². The Morgan fingerprint density at radius 3 is 2.78 bits per heavy atom. The summed E-state index contributed by atoms with van der Waals surface area (Å²) in [6.45, 7) is 4.11. The van der Waals surface area contributed by atoms with Crippen molar-refractivity contribution in [2.75, 3.05) is 11.9 Å². The molecule has 4 heteroatoms. The van der Waals surface area contributed by atoms with E-state index in [1.165, 1.54) is 6.07 Å². The molecule has 2 unspecified atom stereocenters. The van der Waals surface area contributed by atoms with Crippen molar-refractivity contribution in [1.82, 2.24) is 0 Å². The predicted molar refractivity (Wildman–Crippen MR) is 69.7 cm³/mol. The van der Waals surface area contributed by atoms with Crippen molar-refractivity contribution in [2.45, 2.75) is 32.7 Å². The van der Waals surface area contributed by atoms with Crippen LogP contribution in [-0.4, -0.2) is 17.8 Å². The minimum atomic E-state index is -0.507. The molecule has 98 valence electrons. The second kappa shape index (κ2) is 6.97. The molecule has 0 radical (unpaired) electrons. The third-order valence-corrected chi connectivity index (χ3v) is 2.98. The van der Waals surface area contributed by atoms with Crippen molar-refractivity contribution in [2.24, 2.45) is 5.92 Å². The van der Waals surface area contributed by atoms with Gasteiger partial charge in [-0.3, -0.25) is 0 Å². The molecule has 1 aromatic carbocycles. The van der Waals surface area contributed by atoms with Gasteiger partial charge in [-0.05, 0) is 30.9 Å². The van der Waals surface area contributed by atoms with Gasteiger partial charge in [-0.2, -0.15) is 5.26 Å². The van der Waals surface area contributed by atoms with Crippen LogP contribution in [0.25, 0.3) is 0 Å². The van der Waals surface area contributed by atoms with Gasteiger partial charge < -0.3 is 10.4 Å². The van der Waals surface area contributed by atoms with E-state index in [0.717, 1.165) is 12.8 Å². The molecular formula is C14H19FN2O. The van der Waals surface area contributed by atoms with Crippen LogP contribution in [0.1, 0.15) is 32.3 Å². The average molecular weight is 250 g/mol. The third-order valence-electron chi connectivity index (χ3n) is 2.98. The molecule has 0 aliphatic heterocycles. The first kappa shape index (κ1) is 14.5. The first-order valence-corrected chi connectivity index (χ1v) is 6.18. The molecular weight excluding hydrogens is 231 g/mol. The summed E-state index contributed by atoms with van der Waals surface area (Å²) in [5.41, 5.74) is 0.571. The van der Waals surface area contributed by atoms with Crippen LogP contribution in [0.4, 0.5) is 10.1 Å². The molecule has 2 N–H and O–H groups in total. The lowest BCUT2D eigenvalue weighted by Gasteiger charge is -2.21. The first-order valence-electron chi connectivity index (χ1n) is 6.18. The highest BCUT2D eigenvalue weighted by atomic mass is 19.1. The quantitative estimate of drug-likeness (QED) is 0.816. The van der Waals surface area contributed by atoms with Gasteiger partial charge >= 0.3 is 0 Å². The second-order valence-corrected chi connectivity index (χ2v) is 4.55. The lowest BCUT2D eigenvalue weighted by Crippen LogP contribution is -2.23. The molecule has 18 heavy (non-hydrogen) atoms. The Kier molecular flexibility index (Phi) is 5.60. The van der Waals surface area contributed by atoms with Gasteiger partial charge in [0.05, 0.1) is 5.69 Å². The number of aliphatic hydroxyl groups is 1. The zero-order chi connectivity index (χ0) is 13.5. The van der Waals surface area contributed by atoms with E-state index in [4.69, 9.17) is 10.4 Å². The predicted octanol–water partition coefficient (Wildman–Crippen LogP) is 2.91. The zero-order valence-electron chi connectivity index (χ0n) is 10.8. The summed E-state index contributed by atoms with van der Waals surface area (Å²) in [6, 6.07) is 6.56. The van der Waals surface area contributed by atoms with Gasteiger partial charge in [-0.25, -0.2) is 4.39 Å². The number of aliphatic hydroxyl groups excluding tert-OH is 1. The molecule has 0 aliphatic rings. The van der Waals surface area contributed by atoms with Crippen molar-refractivity contribution in [1.29, 1.82) is 5.26 Å². The number of nitrogens with zero attached hydrogens (tertiary/aromatic N) is 1. The van der Waals surface area contributed by atoms with E-state index >= 15 is 0 Å². The summed E-state index contributed by atoms with van der Waals surface area (Å²) >= 11 is 0. The van der Waals surface area contributed by atoms with Gasteiger partial charge in [0.15, 0.2) is 0 Å². The number of rotatable bonds is 6. The van der Waals surface area contributed by atoms with Gasteiger partial charge in [-0.15, -0.1) is 0 Å². The van der Waals surface area contributed by atoms with Crippen LogP contribution in [0, 0.1) is 23.1 Å². The molecule has 0 saturated heterocycles. The number of benzene rings is 1. The Labute approximate surface area is 107 Å². The minimum absolute atomic E-state index is 0.0487. The molecule has 0 aromatic heterocycles. The zero-order valence-corrected chi connectivity index (χ0v) is 10.8. The molecule has 0 heterocycles. The smallest absolute Gasteiger partial charge is 0.143 e. The Hall–Kier alpha value is -1.60. The van der Waals surface area contributed by atoms with Gasteiger partial charge in [0.25, 0.3) is 0 Å². The molecule has 0 fully saturated rings. The van der Waals surface area contributed by atoms with Crippen LogP contribution >= 0.6 is 0 Å². The number of anilines is 1. The van der Waals surface area contributed by atoms with Crippen LogP contribution in [0.3, 0.4) is 0 Å². The Morgan fingerprint density at radius 2 is 2.22 bits per heavy atom. The maximum Gasteiger partial charge on any atom is 0.143 e. The maximum atomic E-state index is 13.4. The van der Waals surface area contributed by atoms with Crippen LogP contribution in [0.2, 0.25) is 0 Å². The van der Waals surface area contributed by atoms with Gasteiger partial charge in [0.1, 0.15) is 17.4 Å². The van der Waals surface area contributed by atoms with Crippen molar-refractivity contribution in [3.63, 3.8) is 0 Å². The summed E-state index contributed by atoms with van der Waals surface area (Å²) in [4.78, 5) is 0. The summed E-state index contributed by atoms with van der Waals surface area (Å²) in [5, 5.41) is 21.2. The summed E-state index contributed by atoms with van der Waals surface area (Å²) in [6.07, 6.45) is 1.64. The normalized spacial score (nSPS) is 13.7. The first-order chi connectivity index (χ1) is 8.62. The SMILES string of the molecule is CCC(CC(C)CO)Nc1cccc(F)c1C#N. The van der Waals surface area contributed by atoms with Crippen molar-refractivity contribution in [3.8, 4) is 6.07 Å². The second-order valence-electron chi connectivity index (χ2n) is 4.55. The van der Waals surface area contributed by atoms with Crippen molar-refractivity contribution in [3.05, 3.63) is 29.6 Å². The molecule has 0 aliphatic carbocycles. The number of nitriles is 1. The van der Waals surface area contributed by atoms with Gasteiger partial charge in [0, 0.05) is 12.6 Å². The Morgan fingerprint density at radius 1 is 1.50 bits per heavy atom. The summed E-state index contributed by atoms with van der Waals surface area (Å²) in [5.74, 6) is -0.325. The highest BCUT2D eigenvalue weighted by molar-refractivity contribution is 5.58. The van der Waals surface area contributed by atoms with E-state index in [0.29, 0.717) is 5.69 Å². The Bertz CT molecular complexity index is 428. The lowest BCUT2D eigenvalue weighted by molar-refractivity contribution is 0.224. The molecule has 3 nitrogen and oxygen atoms in total. The molecule has 0 saturated carbocycles. The third kappa shape index (κ3) is 3.71. The van der Waals surface area contributed by atoms with Crippen LogP contribution in [0.15, 0.2) is 18.2 Å². The number of hydrogen-bond donors (Lipinski definition) is 2. The molecule has 2 atom stereocenters. The fraction of sp³-hybridized carbons (Fsp3) is 0.500. The van der Waals surface area contributed by atoms with Gasteiger partial charge in [-0.1, -0.05) is 19.9 Å². The molecule has 1 rings (SSSR count).